The van der Waals surface area contributed by atoms with Crippen LogP contribution in [0.3, 0.4) is 0 Å². The molecule has 0 saturated heterocycles. The van der Waals surface area contributed by atoms with E-state index >= 15 is 0 Å². The van der Waals surface area contributed by atoms with Crippen molar-refractivity contribution >= 4 is 12.2 Å². The van der Waals surface area contributed by atoms with Gasteiger partial charge in [0.25, 0.3) is 5.56 Å². The Morgan fingerprint density at radius 3 is 2.79 bits per heavy atom. The Kier molecular flexibility index (Phi) is 2.64. The highest BCUT2D eigenvalue weighted by Crippen LogP contribution is 2.20. The molecule has 2 aromatic rings. The van der Waals surface area contributed by atoms with Crippen LogP contribution < -0.4 is 10.9 Å². The van der Waals surface area contributed by atoms with Gasteiger partial charge in [0.2, 0.25) is 5.95 Å². The zero-order chi connectivity index (χ0) is 13.4. The number of aliphatic hydroxyl groups is 1. The van der Waals surface area contributed by atoms with Gasteiger partial charge < -0.3 is 10.4 Å². The smallest absolute Gasteiger partial charge is 0.264 e. The average Bonchev–Trinajstić information content (AvgIpc) is 2.82. The highest BCUT2D eigenvalue weighted by atomic mass is 16.3. The summed E-state index contributed by atoms with van der Waals surface area (Å²) in [6.07, 6.45) is 1.31. The van der Waals surface area contributed by atoms with E-state index in [-0.39, 0.29) is 12.1 Å². The number of nitrogens with one attached hydrogen (secondary N) is 1. The minimum Gasteiger partial charge on any atom is -0.371 e. The van der Waals surface area contributed by atoms with Crippen molar-refractivity contribution in [1.82, 2.24) is 9.55 Å². The average molecular weight is 257 g/mol. The van der Waals surface area contributed by atoms with E-state index in [0.717, 1.165) is 6.29 Å². The normalized spacial score (nSPS) is 16.8. The van der Waals surface area contributed by atoms with E-state index in [1.165, 1.54) is 10.8 Å². The molecule has 1 aliphatic rings. The van der Waals surface area contributed by atoms with Crippen molar-refractivity contribution in [2.75, 3.05) is 11.9 Å². The van der Waals surface area contributed by atoms with Crippen molar-refractivity contribution in [1.29, 1.82) is 0 Å². The Bertz CT molecular complexity index is 691. The van der Waals surface area contributed by atoms with Crippen molar-refractivity contribution in [3.05, 3.63) is 46.4 Å². The molecule has 96 valence electrons. The molecule has 0 fully saturated rings. The number of aliphatic hydroxyl groups excluding tert-OH is 1. The molecule has 2 N–H and O–H groups in total. The van der Waals surface area contributed by atoms with E-state index in [9.17, 15) is 14.7 Å². The molecular formula is C13H11N3O3. The molecule has 0 spiro atoms. The first-order valence-electron chi connectivity index (χ1n) is 5.80. The number of fused-ring (bicyclic) bond motifs is 1. The third kappa shape index (κ3) is 1.82. The molecule has 1 atom stereocenters. The molecule has 0 radical (unpaired) electrons. The second-order valence-electron chi connectivity index (χ2n) is 4.27. The van der Waals surface area contributed by atoms with Crippen molar-refractivity contribution in [2.45, 2.75) is 6.23 Å². The van der Waals surface area contributed by atoms with Crippen LogP contribution in [0.1, 0.15) is 16.6 Å². The van der Waals surface area contributed by atoms with Gasteiger partial charge in [-0.2, -0.15) is 0 Å². The van der Waals surface area contributed by atoms with Gasteiger partial charge in [-0.3, -0.25) is 9.59 Å². The summed E-state index contributed by atoms with van der Waals surface area (Å²) in [6.45, 7) is 0.274. The van der Waals surface area contributed by atoms with Crippen molar-refractivity contribution in [2.24, 2.45) is 0 Å². The fraction of sp³-hybridized carbons (Fsp3) is 0.154. The molecule has 0 saturated carbocycles. The maximum atomic E-state index is 12.3. The Hall–Kier alpha value is -2.47. The van der Waals surface area contributed by atoms with Crippen molar-refractivity contribution < 1.29 is 9.90 Å². The fourth-order valence-electron chi connectivity index (χ4n) is 2.09. The van der Waals surface area contributed by atoms with Gasteiger partial charge in [0.1, 0.15) is 6.29 Å². The second-order valence-corrected chi connectivity index (χ2v) is 4.27. The minimum atomic E-state index is -0.899. The van der Waals surface area contributed by atoms with Crippen LogP contribution >= 0.6 is 0 Å². The van der Waals surface area contributed by atoms with E-state index in [2.05, 4.69) is 10.3 Å². The summed E-state index contributed by atoms with van der Waals surface area (Å²) in [6, 6.07) is 6.64. The second kappa shape index (κ2) is 4.33. The summed E-state index contributed by atoms with van der Waals surface area (Å²) in [5.74, 6) is 0.366. The fourth-order valence-corrected chi connectivity index (χ4v) is 2.09. The monoisotopic (exact) mass is 257 g/mol. The van der Waals surface area contributed by atoms with Gasteiger partial charge in [0.05, 0.1) is 12.1 Å². The Labute approximate surface area is 108 Å². The molecule has 1 aliphatic heterocycles. The number of benzene rings is 1. The number of aromatic nitrogens is 2. The van der Waals surface area contributed by atoms with Gasteiger partial charge >= 0.3 is 0 Å². The number of rotatable bonds is 2. The largest absolute Gasteiger partial charge is 0.371 e. The van der Waals surface area contributed by atoms with Gasteiger partial charge in [0, 0.05) is 11.8 Å². The third-order valence-corrected chi connectivity index (χ3v) is 3.09. The summed E-state index contributed by atoms with van der Waals surface area (Å²) >= 11 is 0. The van der Waals surface area contributed by atoms with E-state index in [1.807, 2.05) is 0 Å². The zero-order valence-corrected chi connectivity index (χ0v) is 9.91. The number of aldehydes is 1. The Balaban J connectivity index is 2.13. The summed E-state index contributed by atoms with van der Waals surface area (Å²) in [5, 5.41) is 12.6. The number of hydrogen-bond donors (Lipinski definition) is 2. The standard InChI is InChI=1S/C13H11N3O3/c17-7-8-1-3-9(4-2-8)10-5-14-13-15-6-11(18)16(13)12(10)19/h1-5,7,11,18H,6H2,(H,14,15). The quantitative estimate of drug-likeness (QED) is 0.771. The molecule has 1 aromatic carbocycles. The van der Waals surface area contributed by atoms with E-state index in [4.69, 9.17) is 0 Å². The highest BCUT2D eigenvalue weighted by molar-refractivity contribution is 5.76. The number of carbonyl (C=O) groups excluding carboxylic acids is 1. The van der Waals surface area contributed by atoms with Gasteiger partial charge in [-0.25, -0.2) is 9.55 Å². The molecule has 3 rings (SSSR count). The Morgan fingerprint density at radius 1 is 1.37 bits per heavy atom. The third-order valence-electron chi connectivity index (χ3n) is 3.09. The molecule has 1 unspecified atom stereocenters. The van der Waals surface area contributed by atoms with Crippen LogP contribution in [0.4, 0.5) is 5.95 Å². The number of nitrogens with zero attached hydrogens (tertiary/aromatic N) is 2. The van der Waals surface area contributed by atoms with Crippen LogP contribution in [0.2, 0.25) is 0 Å². The number of carbonyl (C=O) groups is 1. The lowest BCUT2D eigenvalue weighted by Gasteiger charge is -2.08. The maximum Gasteiger partial charge on any atom is 0.264 e. The molecule has 2 heterocycles. The van der Waals surface area contributed by atoms with E-state index < -0.39 is 6.23 Å². The van der Waals surface area contributed by atoms with Crippen LogP contribution in [0, 0.1) is 0 Å². The lowest BCUT2D eigenvalue weighted by atomic mass is 10.1. The van der Waals surface area contributed by atoms with Crippen LogP contribution in [0.5, 0.6) is 0 Å². The van der Waals surface area contributed by atoms with E-state index in [0.29, 0.717) is 22.6 Å². The van der Waals surface area contributed by atoms with E-state index in [1.54, 1.807) is 24.3 Å². The first-order chi connectivity index (χ1) is 9.20. The summed E-state index contributed by atoms with van der Waals surface area (Å²) in [4.78, 5) is 27.0. The van der Waals surface area contributed by atoms with Crippen LogP contribution in [-0.4, -0.2) is 27.5 Å². The van der Waals surface area contributed by atoms with Gasteiger partial charge in [-0.15, -0.1) is 0 Å². The number of hydrogen-bond acceptors (Lipinski definition) is 5. The summed E-state index contributed by atoms with van der Waals surface area (Å²) in [5.41, 5.74) is 1.29. The summed E-state index contributed by atoms with van der Waals surface area (Å²) in [7, 11) is 0. The molecule has 19 heavy (non-hydrogen) atoms. The molecule has 6 heteroatoms. The molecule has 0 amide bonds. The van der Waals surface area contributed by atoms with Crippen molar-refractivity contribution in [3.63, 3.8) is 0 Å². The SMILES string of the molecule is O=Cc1ccc(-c2cnc3n(c2=O)C(O)CN3)cc1. The highest BCUT2D eigenvalue weighted by Gasteiger charge is 2.23. The van der Waals surface area contributed by atoms with Gasteiger partial charge in [0.15, 0.2) is 6.23 Å². The molecule has 0 bridgehead atoms. The minimum absolute atomic E-state index is 0.274. The summed E-state index contributed by atoms with van der Waals surface area (Å²) < 4.78 is 1.23. The molecular weight excluding hydrogens is 246 g/mol. The first kappa shape index (κ1) is 11.6. The van der Waals surface area contributed by atoms with Crippen LogP contribution in [0.25, 0.3) is 11.1 Å². The lowest BCUT2D eigenvalue weighted by Crippen LogP contribution is -2.24. The maximum absolute atomic E-state index is 12.3. The Morgan fingerprint density at radius 2 is 2.11 bits per heavy atom. The lowest BCUT2D eigenvalue weighted by molar-refractivity contribution is 0.112. The van der Waals surface area contributed by atoms with Gasteiger partial charge in [-0.05, 0) is 5.56 Å². The van der Waals surface area contributed by atoms with Crippen LogP contribution in [0.15, 0.2) is 35.3 Å². The predicted octanol–water partition coefficient (Wildman–Crippen LogP) is 0.639. The number of β-amino-alcohol motifs (C(OH)–C–C–N with tert-alkyl or cyclic N) is 1. The van der Waals surface area contributed by atoms with Gasteiger partial charge in [-0.1, -0.05) is 24.3 Å². The zero-order valence-electron chi connectivity index (χ0n) is 9.91. The molecule has 1 aromatic heterocycles. The van der Waals surface area contributed by atoms with Crippen molar-refractivity contribution in [3.8, 4) is 11.1 Å². The topological polar surface area (TPSA) is 84.2 Å². The first-order valence-corrected chi connectivity index (χ1v) is 5.80. The molecule has 6 nitrogen and oxygen atoms in total. The number of anilines is 1. The predicted molar refractivity (Wildman–Crippen MR) is 69.1 cm³/mol. The van der Waals surface area contributed by atoms with Crippen LogP contribution in [-0.2, 0) is 0 Å². The molecule has 0 aliphatic carbocycles.